The molecule has 8 nitrogen and oxygen atoms in total. The Bertz CT molecular complexity index is 1220. The SMILES string of the molecule is COc1cccc(NC(=O)COc2ccc(C(=O)N3CCN(C(=O)c4ccc(F)cc4)CC3)cc2)c1. The van der Waals surface area contributed by atoms with E-state index < -0.39 is 5.82 Å². The van der Waals surface area contributed by atoms with Crippen molar-refractivity contribution in [3.63, 3.8) is 0 Å². The minimum absolute atomic E-state index is 0.147. The van der Waals surface area contributed by atoms with E-state index in [1.807, 2.05) is 0 Å². The van der Waals surface area contributed by atoms with Crippen LogP contribution in [0.4, 0.5) is 10.1 Å². The van der Waals surface area contributed by atoms with Crippen molar-refractivity contribution in [3.05, 3.63) is 89.7 Å². The average Bonchev–Trinajstić information content (AvgIpc) is 2.92. The van der Waals surface area contributed by atoms with Gasteiger partial charge in [-0.3, -0.25) is 14.4 Å². The van der Waals surface area contributed by atoms with Crippen LogP contribution in [-0.4, -0.2) is 67.4 Å². The van der Waals surface area contributed by atoms with Crippen molar-refractivity contribution < 1.29 is 28.2 Å². The van der Waals surface area contributed by atoms with Gasteiger partial charge in [-0.25, -0.2) is 4.39 Å². The van der Waals surface area contributed by atoms with Crippen LogP contribution in [0.15, 0.2) is 72.8 Å². The zero-order valence-corrected chi connectivity index (χ0v) is 19.8. The highest BCUT2D eigenvalue weighted by Crippen LogP contribution is 2.18. The molecule has 0 saturated carbocycles. The molecule has 0 aliphatic carbocycles. The standard InChI is InChI=1S/C27H26FN3O5/c1-35-24-4-2-3-22(17-24)29-25(32)18-36-23-11-7-20(8-12-23)27(34)31-15-13-30(14-16-31)26(33)19-5-9-21(28)10-6-19/h2-12,17H,13-16,18H2,1H3,(H,29,32). The van der Waals surface area contributed by atoms with Gasteiger partial charge in [0, 0.05) is 49.1 Å². The number of rotatable bonds is 7. The van der Waals surface area contributed by atoms with E-state index in [4.69, 9.17) is 9.47 Å². The molecule has 0 atom stereocenters. The van der Waals surface area contributed by atoms with Gasteiger partial charge in [0.15, 0.2) is 6.61 Å². The molecule has 3 amide bonds. The molecule has 1 saturated heterocycles. The van der Waals surface area contributed by atoms with E-state index >= 15 is 0 Å². The van der Waals surface area contributed by atoms with Crippen molar-refractivity contribution >= 4 is 23.4 Å². The van der Waals surface area contributed by atoms with Gasteiger partial charge in [0.05, 0.1) is 7.11 Å². The first kappa shape index (κ1) is 24.7. The summed E-state index contributed by atoms with van der Waals surface area (Å²) in [7, 11) is 1.55. The molecule has 1 N–H and O–H groups in total. The number of ether oxygens (including phenoxy) is 2. The van der Waals surface area contributed by atoms with Crippen molar-refractivity contribution in [2.45, 2.75) is 0 Å². The molecule has 3 aromatic carbocycles. The lowest BCUT2D eigenvalue weighted by Gasteiger charge is -2.35. The number of carbonyl (C=O) groups excluding carboxylic acids is 3. The molecule has 1 fully saturated rings. The van der Waals surface area contributed by atoms with E-state index in [1.165, 1.54) is 24.3 Å². The van der Waals surface area contributed by atoms with Crippen LogP contribution in [0.1, 0.15) is 20.7 Å². The van der Waals surface area contributed by atoms with Crippen LogP contribution in [0.5, 0.6) is 11.5 Å². The maximum atomic E-state index is 13.1. The molecule has 1 heterocycles. The number of benzene rings is 3. The number of halogens is 1. The van der Waals surface area contributed by atoms with Gasteiger partial charge in [0.2, 0.25) is 0 Å². The number of piperazine rings is 1. The van der Waals surface area contributed by atoms with Crippen LogP contribution in [0, 0.1) is 5.82 Å². The summed E-state index contributed by atoms with van der Waals surface area (Å²) in [5.74, 6) is 0.0495. The second-order valence-electron chi connectivity index (χ2n) is 8.18. The van der Waals surface area contributed by atoms with Crippen LogP contribution >= 0.6 is 0 Å². The first-order valence-electron chi connectivity index (χ1n) is 11.4. The molecular weight excluding hydrogens is 465 g/mol. The van der Waals surface area contributed by atoms with E-state index in [2.05, 4.69) is 5.32 Å². The molecule has 0 unspecified atom stereocenters. The lowest BCUT2D eigenvalue weighted by molar-refractivity contribution is -0.118. The molecule has 0 spiro atoms. The number of amides is 3. The highest BCUT2D eigenvalue weighted by Gasteiger charge is 2.25. The van der Waals surface area contributed by atoms with Crippen LogP contribution in [0.2, 0.25) is 0 Å². The Kier molecular flexibility index (Phi) is 7.79. The smallest absolute Gasteiger partial charge is 0.262 e. The maximum absolute atomic E-state index is 13.1. The Labute approximate surface area is 208 Å². The van der Waals surface area contributed by atoms with Crippen LogP contribution in [-0.2, 0) is 4.79 Å². The molecule has 0 aromatic heterocycles. The zero-order valence-electron chi connectivity index (χ0n) is 19.8. The van der Waals surface area contributed by atoms with E-state index in [1.54, 1.807) is 65.4 Å². The summed E-state index contributed by atoms with van der Waals surface area (Å²) in [6.45, 7) is 1.40. The molecule has 0 bridgehead atoms. The molecule has 1 aliphatic rings. The average molecular weight is 492 g/mol. The fourth-order valence-electron chi connectivity index (χ4n) is 3.81. The van der Waals surface area contributed by atoms with Crippen molar-refractivity contribution in [1.29, 1.82) is 0 Å². The Balaban J connectivity index is 1.25. The van der Waals surface area contributed by atoms with Crippen molar-refractivity contribution in [2.75, 3.05) is 45.2 Å². The second kappa shape index (κ2) is 11.4. The van der Waals surface area contributed by atoms with Crippen LogP contribution < -0.4 is 14.8 Å². The number of carbonyl (C=O) groups is 3. The predicted octanol–water partition coefficient (Wildman–Crippen LogP) is 3.45. The summed E-state index contributed by atoms with van der Waals surface area (Å²) >= 11 is 0. The Morgan fingerprint density at radius 1 is 0.806 bits per heavy atom. The first-order chi connectivity index (χ1) is 17.4. The van der Waals surface area contributed by atoms with E-state index in [9.17, 15) is 18.8 Å². The summed E-state index contributed by atoms with van der Waals surface area (Å²) in [5.41, 5.74) is 1.51. The lowest BCUT2D eigenvalue weighted by atomic mass is 10.1. The zero-order chi connectivity index (χ0) is 25.5. The van der Waals surface area contributed by atoms with Gasteiger partial charge >= 0.3 is 0 Å². The Morgan fingerprint density at radius 3 is 1.92 bits per heavy atom. The van der Waals surface area contributed by atoms with E-state index in [0.29, 0.717) is 54.5 Å². The fourth-order valence-corrected chi connectivity index (χ4v) is 3.81. The number of nitrogens with zero attached hydrogens (tertiary/aromatic N) is 2. The van der Waals surface area contributed by atoms with Gasteiger partial charge in [0.1, 0.15) is 17.3 Å². The van der Waals surface area contributed by atoms with Gasteiger partial charge in [0.25, 0.3) is 17.7 Å². The van der Waals surface area contributed by atoms with Crippen molar-refractivity contribution in [3.8, 4) is 11.5 Å². The normalized spacial score (nSPS) is 13.2. The minimum atomic E-state index is -0.394. The van der Waals surface area contributed by atoms with E-state index in [-0.39, 0.29) is 24.3 Å². The van der Waals surface area contributed by atoms with Gasteiger partial charge in [-0.2, -0.15) is 0 Å². The first-order valence-corrected chi connectivity index (χ1v) is 11.4. The summed E-state index contributed by atoms with van der Waals surface area (Å²) < 4.78 is 23.8. The summed E-state index contributed by atoms with van der Waals surface area (Å²) in [5, 5.41) is 2.73. The topological polar surface area (TPSA) is 88.2 Å². The van der Waals surface area contributed by atoms with Crippen LogP contribution in [0.25, 0.3) is 0 Å². The highest BCUT2D eigenvalue weighted by atomic mass is 19.1. The molecule has 36 heavy (non-hydrogen) atoms. The third kappa shape index (κ3) is 6.18. The monoisotopic (exact) mass is 491 g/mol. The molecule has 186 valence electrons. The molecule has 0 radical (unpaired) electrons. The summed E-state index contributed by atoms with van der Waals surface area (Å²) in [6.07, 6.45) is 0. The Hall–Kier alpha value is -4.40. The Morgan fingerprint density at radius 2 is 1.36 bits per heavy atom. The summed E-state index contributed by atoms with van der Waals surface area (Å²) in [6, 6.07) is 19.0. The predicted molar refractivity (Wildman–Crippen MR) is 132 cm³/mol. The van der Waals surface area contributed by atoms with Crippen molar-refractivity contribution in [2.24, 2.45) is 0 Å². The fraction of sp³-hybridized carbons (Fsp3) is 0.222. The lowest BCUT2D eigenvalue weighted by Crippen LogP contribution is -2.50. The largest absolute Gasteiger partial charge is 0.497 e. The van der Waals surface area contributed by atoms with Gasteiger partial charge in [-0.05, 0) is 60.7 Å². The number of hydrogen-bond donors (Lipinski definition) is 1. The molecule has 9 heteroatoms. The third-order valence-electron chi connectivity index (χ3n) is 5.77. The quantitative estimate of drug-likeness (QED) is 0.547. The van der Waals surface area contributed by atoms with Gasteiger partial charge < -0.3 is 24.6 Å². The highest BCUT2D eigenvalue weighted by molar-refractivity contribution is 5.96. The maximum Gasteiger partial charge on any atom is 0.262 e. The number of nitrogens with one attached hydrogen (secondary N) is 1. The molecular formula is C27H26FN3O5. The molecule has 1 aliphatic heterocycles. The van der Waals surface area contributed by atoms with Crippen molar-refractivity contribution in [1.82, 2.24) is 9.80 Å². The summed E-state index contributed by atoms with van der Waals surface area (Å²) in [4.78, 5) is 41.0. The number of hydrogen-bond acceptors (Lipinski definition) is 5. The van der Waals surface area contributed by atoms with Crippen LogP contribution in [0.3, 0.4) is 0 Å². The van der Waals surface area contributed by atoms with E-state index in [0.717, 1.165) is 0 Å². The van der Waals surface area contributed by atoms with Gasteiger partial charge in [-0.1, -0.05) is 6.07 Å². The number of anilines is 1. The molecule has 4 rings (SSSR count). The van der Waals surface area contributed by atoms with Gasteiger partial charge in [-0.15, -0.1) is 0 Å². The minimum Gasteiger partial charge on any atom is -0.497 e. The second-order valence-corrected chi connectivity index (χ2v) is 8.18. The number of methoxy groups -OCH3 is 1. The third-order valence-corrected chi connectivity index (χ3v) is 5.77. The molecule has 3 aromatic rings.